The fourth-order valence-electron chi connectivity index (χ4n) is 3.89. The molecular weight excluding hydrogens is 414 g/mol. The molecule has 0 aliphatic carbocycles. The van der Waals surface area contributed by atoms with E-state index in [0.717, 1.165) is 34.5 Å². The number of fused-ring (bicyclic) bond motifs is 1. The van der Waals surface area contributed by atoms with Crippen LogP contribution in [0.2, 0.25) is 0 Å². The Morgan fingerprint density at radius 1 is 0.967 bits per heavy atom. The van der Waals surface area contributed by atoms with Crippen molar-refractivity contribution in [2.75, 3.05) is 10.8 Å². The summed E-state index contributed by atoms with van der Waals surface area (Å²) in [6.07, 6.45) is 3.38. The van der Waals surface area contributed by atoms with Crippen molar-refractivity contribution >= 4 is 27.0 Å². The van der Waals surface area contributed by atoms with Gasteiger partial charge in [-0.15, -0.1) is 11.3 Å². The quantitative estimate of drug-likeness (QED) is 0.452. The molecule has 5 rings (SSSR count). The number of nitrogens with zero attached hydrogens (tertiary/aromatic N) is 3. The number of sulfonamides is 1. The molecule has 0 saturated heterocycles. The average Bonchev–Trinajstić information content (AvgIpc) is 3.44. The van der Waals surface area contributed by atoms with Gasteiger partial charge in [-0.2, -0.15) is 5.10 Å². The molecule has 0 fully saturated rings. The molecule has 5 nitrogen and oxygen atoms in total. The average molecular weight is 436 g/mol. The van der Waals surface area contributed by atoms with Crippen LogP contribution in [0.3, 0.4) is 0 Å². The molecule has 7 heteroatoms. The molecule has 0 spiro atoms. The van der Waals surface area contributed by atoms with Crippen LogP contribution in [-0.2, 0) is 23.0 Å². The Hall–Kier alpha value is -2.90. The summed E-state index contributed by atoms with van der Waals surface area (Å²) >= 11 is 1.50. The lowest BCUT2D eigenvalue weighted by atomic mass is 10.0. The summed E-state index contributed by atoms with van der Waals surface area (Å²) in [5.74, 6) is 0. The molecule has 0 saturated carbocycles. The molecule has 4 aromatic rings. The molecule has 0 N–H and O–H groups in total. The molecule has 1 aliphatic rings. The highest BCUT2D eigenvalue weighted by molar-refractivity contribution is 7.93. The lowest BCUT2D eigenvalue weighted by Gasteiger charge is -2.30. The van der Waals surface area contributed by atoms with E-state index in [4.69, 9.17) is 0 Å². The summed E-state index contributed by atoms with van der Waals surface area (Å²) in [5.41, 5.74) is 3.44. The standard InChI is InChI=1S/C23H21N3O2S2/c27-30(28,26-14-6-11-19-10-4-5-12-20(19)26)22-17-25(16-18-8-2-1-3-9-18)24-23(22)21-13-7-15-29-21/h1-5,7-10,12-13,15,17H,6,11,14,16H2. The van der Waals surface area contributed by atoms with Gasteiger partial charge in [0.25, 0.3) is 10.0 Å². The molecule has 2 aromatic heterocycles. The maximum Gasteiger partial charge on any atom is 0.268 e. The number of para-hydroxylation sites is 1. The normalized spacial score (nSPS) is 13.9. The predicted molar refractivity (Wildman–Crippen MR) is 120 cm³/mol. The van der Waals surface area contributed by atoms with Gasteiger partial charge in [-0.3, -0.25) is 8.99 Å². The van der Waals surface area contributed by atoms with Crippen molar-refractivity contribution in [1.29, 1.82) is 0 Å². The van der Waals surface area contributed by atoms with Crippen LogP contribution in [0, 0.1) is 0 Å². The van der Waals surface area contributed by atoms with E-state index in [1.807, 2.05) is 72.1 Å². The lowest BCUT2D eigenvalue weighted by molar-refractivity contribution is 0.586. The van der Waals surface area contributed by atoms with Crippen molar-refractivity contribution in [2.24, 2.45) is 0 Å². The first-order valence-electron chi connectivity index (χ1n) is 9.89. The highest BCUT2D eigenvalue weighted by Gasteiger charge is 2.33. The van der Waals surface area contributed by atoms with Crippen molar-refractivity contribution in [3.8, 4) is 10.6 Å². The van der Waals surface area contributed by atoms with E-state index in [0.29, 0.717) is 18.8 Å². The molecule has 0 amide bonds. The van der Waals surface area contributed by atoms with Gasteiger partial charge < -0.3 is 0 Å². The second kappa shape index (κ2) is 7.74. The van der Waals surface area contributed by atoms with Crippen molar-refractivity contribution in [1.82, 2.24) is 9.78 Å². The second-order valence-electron chi connectivity index (χ2n) is 7.31. The van der Waals surface area contributed by atoms with Gasteiger partial charge in [-0.25, -0.2) is 8.42 Å². The van der Waals surface area contributed by atoms with Gasteiger partial charge in [0.15, 0.2) is 0 Å². The van der Waals surface area contributed by atoms with Gasteiger partial charge in [-0.1, -0.05) is 54.6 Å². The third-order valence-corrected chi connectivity index (χ3v) is 8.00. The zero-order chi connectivity index (χ0) is 20.6. The lowest BCUT2D eigenvalue weighted by Crippen LogP contribution is -2.35. The van der Waals surface area contributed by atoms with Gasteiger partial charge in [0.2, 0.25) is 0 Å². The summed E-state index contributed by atoms with van der Waals surface area (Å²) in [6.45, 7) is 0.998. The van der Waals surface area contributed by atoms with E-state index in [1.165, 1.54) is 11.3 Å². The molecule has 3 heterocycles. The van der Waals surface area contributed by atoms with Crippen LogP contribution in [0.1, 0.15) is 17.5 Å². The Balaban J connectivity index is 1.61. The highest BCUT2D eigenvalue weighted by atomic mass is 32.2. The number of thiophene rings is 1. The first-order valence-corrected chi connectivity index (χ1v) is 12.2. The van der Waals surface area contributed by atoms with Gasteiger partial charge in [0.1, 0.15) is 10.6 Å². The predicted octanol–water partition coefficient (Wildman–Crippen LogP) is 4.80. The number of anilines is 1. The van der Waals surface area contributed by atoms with Gasteiger partial charge in [0.05, 0.1) is 17.1 Å². The van der Waals surface area contributed by atoms with Crippen LogP contribution in [0.25, 0.3) is 10.6 Å². The van der Waals surface area contributed by atoms with Crippen molar-refractivity contribution < 1.29 is 8.42 Å². The number of hydrogen-bond donors (Lipinski definition) is 0. The van der Waals surface area contributed by atoms with Crippen LogP contribution in [0.5, 0.6) is 0 Å². The van der Waals surface area contributed by atoms with E-state index in [9.17, 15) is 8.42 Å². The molecule has 0 unspecified atom stereocenters. The first kappa shape index (κ1) is 19.1. The van der Waals surface area contributed by atoms with E-state index in [1.54, 1.807) is 15.2 Å². The maximum atomic E-state index is 13.8. The van der Waals surface area contributed by atoms with E-state index in [2.05, 4.69) is 5.10 Å². The molecule has 152 valence electrons. The summed E-state index contributed by atoms with van der Waals surface area (Å²) in [4.78, 5) is 1.11. The smallest absolute Gasteiger partial charge is 0.266 e. The number of aryl methyl sites for hydroxylation is 1. The van der Waals surface area contributed by atoms with E-state index >= 15 is 0 Å². The molecule has 0 atom stereocenters. The first-order chi connectivity index (χ1) is 14.6. The number of rotatable bonds is 5. The third-order valence-electron chi connectivity index (χ3n) is 5.31. The van der Waals surface area contributed by atoms with Crippen molar-refractivity contribution in [3.05, 3.63) is 89.4 Å². The molecular formula is C23H21N3O2S2. The van der Waals surface area contributed by atoms with Crippen molar-refractivity contribution in [3.63, 3.8) is 0 Å². The number of aromatic nitrogens is 2. The van der Waals surface area contributed by atoms with Crippen LogP contribution < -0.4 is 4.31 Å². The number of benzene rings is 2. The van der Waals surface area contributed by atoms with Crippen LogP contribution in [0.4, 0.5) is 5.69 Å². The van der Waals surface area contributed by atoms with Crippen LogP contribution in [0.15, 0.2) is 83.2 Å². The Kier molecular flexibility index (Phi) is 4.92. The third kappa shape index (κ3) is 3.44. The monoisotopic (exact) mass is 435 g/mol. The fraction of sp³-hybridized carbons (Fsp3) is 0.174. The summed E-state index contributed by atoms with van der Waals surface area (Å²) in [5, 5.41) is 6.63. The van der Waals surface area contributed by atoms with E-state index < -0.39 is 10.0 Å². The molecule has 0 bridgehead atoms. The zero-order valence-electron chi connectivity index (χ0n) is 16.3. The zero-order valence-corrected chi connectivity index (χ0v) is 17.9. The summed E-state index contributed by atoms with van der Waals surface area (Å²) in [7, 11) is -3.75. The minimum Gasteiger partial charge on any atom is -0.266 e. The second-order valence-corrected chi connectivity index (χ2v) is 10.1. The van der Waals surface area contributed by atoms with Crippen LogP contribution >= 0.6 is 11.3 Å². The maximum absolute atomic E-state index is 13.8. The molecule has 2 aromatic carbocycles. The fourth-order valence-corrected chi connectivity index (χ4v) is 6.38. The minimum atomic E-state index is -3.75. The topological polar surface area (TPSA) is 55.2 Å². The highest BCUT2D eigenvalue weighted by Crippen LogP contribution is 2.36. The number of hydrogen-bond acceptors (Lipinski definition) is 4. The van der Waals surface area contributed by atoms with Crippen LogP contribution in [-0.4, -0.2) is 24.7 Å². The minimum absolute atomic E-state index is 0.262. The Labute approximate surface area is 180 Å². The van der Waals surface area contributed by atoms with E-state index in [-0.39, 0.29) is 4.90 Å². The van der Waals surface area contributed by atoms with Gasteiger partial charge in [0, 0.05) is 12.7 Å². The molecule has 1 aliphatic heterocycles. The largest absolute Gasteiger partial charge is 0.268 e. The molecule has 30 heavy (non-hydrogen) atoms. The van der Waals surface area contributed by atoms with Crippen molar-refractivity contribution in [2.45, 2.75) is 24.3 Å². The Bertz CT molecular complexity index is 1260. The Morgan fingerprint density at radius 2 is 1.77 bits per heavy atom. The molecule has 0 radical (unpaired) electrons. The summed E-state index contributed by atoms with van der Waals surface area (Å²) in [6, 6.07) is 21.5. The summed E-state index contributed by atoms with van der Waals surface area (Å²) < 4.78 is 30.9. The Morgan fingerprint density at radius 3 is 2.57 bits per heavy atom. The SMILES string of the molecule is O=S(=O)(c1cn(Cc2ccccc2)nc1-c1cccs1)N1CCCc2ccccc21. The van der Waals surface area contributed by atoms with Gasteiger partial charge in [-0.05, 0) is 41.5 Å². The van der Waals surface area contributed by atoms with Gasteiger partial charge >= 0.3 is 0 Å².